The second-order valence-corrected chi connectivity index (χ2v) is 8.37. The molecule has 4 atom stereocenters. The fourth-order valence-electron chi connectivity index (χ4n) is 3.44. The van der Waals surface area contributed by atoms with E-state index in [1.165, 1.54) is 0 Å². The van der Waals surface area contributed by atoms with Crippen molar-refractivity contribution >= 4 is 5.97 Å². The summed E-state index contributed by atoms with van der Waals surface area (Å²) in [6, 6.07) is 10.7. The Kier molecular flexibility index (Phi) is 9.19. The first-order valence-corrected chi connectivity index (χ1v) is 10.7. The maximum atomic E-state index is 13.2. The number of rotatable bonds is 10. The first kappa shape index (κ1) is 25.0. The molecular formula is C25H34O6. The molecule has 170 valence electrons. The van der Waals surface area contributed by atoms with Crippen LogP contribution in [0.1, 0.15) is 84.0 Å². The Balaban J connectivity index is 2.52. The zero-order chi connectivity index (χ0) is 23.1. The van der Waals surface area contributed by atoms with Crippen LogP contribution >= 0.6 is 0 Å². The van der Waals surface area contributed by atoms with Crippen molar-refractivity contribution in [2.24, 2.45) is 0 Å². The third-order valence-electron chi connectivity index (χ3n) is 5.81. The number of carbonyl (C=O) groups is 1. The minimum absolute atomic E-state index is 0.0141. The molecule has 4 unspecified atom stereocenters. The minimum Gasteiger partial charge on any atom is -0.423 e. The average Bonchev–Trinajstić information content (AvgIpc) is 2.81. The van der Waals surface area contributed by atoms with Crippen LogP contribution < -0.4 is 4.74 Å². The molecule has 0 aliphatic carbocycles. The largest absolute Gasteiger partial charge is 0.423 e. The quantitative estimate of drug-likeness (QED) is 0.340. The molecule has 6 nitrogen and oxygen atoms in total. The molecule has 6 heteroatoms. The molecule has 0 spiro atoms. The highest BCUT2D eigenvalue weighted by atomic mass is 16.5. The van der Waals surface area contributed by atoms with Crippen molar-refractivity contribution in [3.8, 4) is 5.75 Å². The Labute approximate surface area is 184 Å². The van der Waals surface area contributed by atoms with E-state index in [0.717, 1.165) is 11.1 Å². The highest BCUT2D eigenvalue weighted by Crippen LogP contribution is 2.33. The van der Waals surface area contributed by atoms with Crippen LogP contribution in [-0.4, -0.2) is 52.8 Å². The molecule has 2 aromatic carbocycles. The van der Waals surface area contributed by atoms with Gasteiger partial charge in [0.1, 0.15) is 5.75 Å². The molecule has 4 N–H and O–H groups in total. The Bertz CT molecular complexity index is 830. The lowest BCUT2D eigenvalue weighted by molar-refractivity contribution is 0.0730. The van der Waals surface area contributed by atoms with Crippen molar-refractivity contribution in [1.82, 2.24) is 0 Å². The average molecular weight is 431 g/mol. The van der Waals surface area contributed by atoms with Gasteiger partial charge in [-0.25, -0.2) is 4.79 Å². The lowest BCUT2D eigenvalue weighted by Gasteiger charge is -2.23. The molecular weight excluding hydrogens is 396 g/mol. The fraction of sp³-hybridized carbons (Fsp3) is 0.480. The van der Waals surface area contributed by atoms with Gasteiger partial charge < -0.3 is 25.2 Å². The van der Waals surface area contributed by atoms with Crippen LogP contribution in [0.4, 0.5) is 0 Å². The molecule has 0 radical (unpaired) electrons. The van der Waals surface area contributed by atoms with Crippen LogP contribution in [0.25, 0.3) is 0 Å². The maximum Gasteiger partial charge on any atom is 0.344 e. The lowest BCUT2D eigenvalue weighted by atomic mass is 9.83. The standard InChI is InChI=1S/C25H34O6/c1-15(11-26)19-5-7-21(8-6-19)31-25(30)24-22(17(3)13-28)9-20(16(2)12-27)10-23(24)18(4)14-29/h5-10,15-18,26-29H,11-14H2,1-4H3. The number of carbonyl (C=O) groups excluding carboxylic acids is 1. The van der Waals surface area contributed by atoms with E-state index >= 15 is 0 Å². The van der Waals surface area contributed by atoms with Gasteiger partial charge in [-0.05, 0) is 34.4 Å². The summed E-state index contributed by atoms with van der Waals surface area (Å²) >= 11 is 0. The van der Waals surface area contributed by atoms with Gasteiger partial charge in [-0.1, -0.05) is 52.0 Å². The van der Waals surface area contributed by atoms with Gasteiger partial charge in [0.2, 0.25) is 0 Å². The van der Waals surface area contributed by atoms with Crippen molar-refractivity contribution < 1.29 is 30.0 Å². The van der Waals surface area contributed by atoms with Crippen molar-refractivity contribution in [1.29, 1.82) is 0 Å². The summed E-state index contributed by atoms with van der Waals surface area (Å²) in [4.78, 5) is 13.2. The highest BCUT2D eigenvalue weighted by Gasteiger charge is 2.26. The normalized spacial score (nSPS) is 15.2. The zero-order valence-electron chi connectivity index (χ0n) is 18.7. The van der Waals surface area contributed by atoms with E-state index in [-0.39, 0.29) is 50.1 Å². The number of aliphatic hydroxyl groups excluding tert-OH is 4. The number of aliphatic hydroxyl groups is 4. The second kappa shape index (κ2) is 11.4. The topological polar surface area (TPSA) is 107 Å². The Morgan fingerprint density at radius 2 is 1.13 bits per heavy atom. The van der Waals surface area contributed by atoms with Gasteiger partial charge in [0.15, 0.2) is 0 Å². The first-order chi connectivity index (χ1) is 14.8. The molecule has 31 heavy (non-hydrogen) atoms. The lowest BCUT2D eigenvalue weighted by Crippen LogP contribution is -2.20. The van der Waals surface area contributed by atoms with Gasteiger partial charge in [0.25, 0.3) is 0 Å². The molecule has 0 heterocycles. The molecule has 0 fully saturated rings. The maximum absolute atomic E-state index is 13.2. The monoisotopic (exact) mass is 430 g/mol. The summed E-state index contributed by atoms with van der Waals surface area (Å²) < 4.78 is 5.65. The summed E-state index contributed by atoms with van der Waals surface area (Å²) in [6.45, 7) is 7.08. The molecule has 0 aromatic heterocycles. The van der Waals surface area contributed by atoms with E-state index in [4.69, 9.17) is 4.74 Å². The van der Waals surface area contributed by atoms with Gasteiger partial charge in [0, 0.05) is 50.1 Å². The van der Waals surface area contributed by atoms with Gasteiger partial charge in [-0.2, -0.15) is 0 Å². The fourth-order valence-corrected chi connectivity index (χ4v) is 3.44. The number of benzene rings is 2. The molecule has 2 aromatic rings. The Hall–Kier alpha value is -2.25. The number of hydrogen-bond acceptors (Lipinski definition) is 6. The molecule has 0 saturated carbocycles. The van der Waals surface area contributed by atoms with E-state index in [1.807, 2.05) is 52.0 Å². The van der Waals surface area contributed by atoms with E-state index in [1.54, 1.807) is 12.1 Å². The van der Waals surface area contributed by atoms with Crippen molar-refractivity contribution in [3.05, 3.63) is 64.2 Å². The van der Waals surface area contributed by atoms with Gasteiger partial charge in [0.05, 0.1) is 5.56 Å². The van der Waals surface area contributed by atoms with E-state index in [0.29, 0.717) is 22.4 Å². The summed E-state index contributed by atoms with van der Waals surface area (Å²) in [5.41, 5.74) is 3.38. The van der Waals surface area contributed by atoms with Gasteiger partial charge >= 0.3 is 5.97 Å². The number of ether oxygens (including phenoxy) is 1. The molecule has 0 aliphatic heterocycles. The summed E-state index contributed by atoms with van der Waals surface area (Å²) in [7, 11) is 0. The van der Waals surface area contributed by atoms with Crippen LogP contribution in [0.15, 0.2) is 36.4 Å². The third-order valence-corrected chi connectivity index (χ3v) is 5.81. The van der Waals surface area contributed by atoms with E-state index in [2.05, 4.69) is 0 Å². The van der Waals surface area contributed by atoms with Crippen LogP contribution in [-0.2, 0) is 0 Å². The third kappa shape index (κ3) is 5.92. The van der Waals surface area contributed by atoms with Crippen LogP contribution in [0.3, 0.4) is 0 Å². The molecule has 0 bridgehead atoms. The predicted molar refractivity (Wildman–Crippen MR) is 120 cm³/mol. The summed E-state index contributed by atoms with van der Waals surface area (Å²) in [6.07, 6.45) is 0. The smallest absolute Gasteiger partial charge is 0.344 e. The zero-order valence-corrected chi connectivity index (χ0v) is 18.7. The van der Waals surface area contributed by atoms with Gasteiger partial charge in [-0.15, -0.1) is 0 Å². The van der Waals surface area contributed by atoms with Crippen molar-refractivity contribution in [2.75, 3.05) is 26.4 Å². The van der Waals surface area contributed by atoms with Crippen molar-refractivity contribution in [3.63, 3.8) is 0 Å². The Morgan fingerprint density at radius 3 is 1.55 bits per heavy atom. The molecule has 2 rings (SSSR count). The van der Waals surface area contributed by atoms with Crippen molar-refractivity contribution in [2.45, 2.75) is 51.4 Å². The summed E-state index contributed by atoms with van der Waals surface area (Å²) in [5, 5.41) is 38.5. The number of hydrogen-bond donors (Lipinski definition) is 4. The predicted octanol–water partition coefficient (Wildman–Crippen LogP) is 3.29. The Morgan fingerprint density at radius 1 is 0.710 bits per heavy atom. The highest BCUT2D eigenvalue weighted by molar-refractivity contribution is 5.95. The SMILES string of the molecule is CC(CO)c1ccc(OC(=O)c2c(C(C)CO)cc(C(C)CO)cc2C(C)CO)cc1. The minimum atomic E-state index is -0.559. The van der Waals surface area contributed by atoms with Crippen LogP contribution in [0.5, 0.6) is 5.75 Å². The van der Waals surface area contributed by atoms with Crippen LogP contribution in [0.2, 0.25) is 0 Å². The second-order valence-electron chi connectivity index (χ2n) is 8.37. The molecule has 0 saturated heterocycles. The molecule has 0 aliphatic rings. The first-order valence-electron chi connectivity index (χ1n) is 10.7. The number of esters is 1. The summed E-state index contributed by atoms with van der Waals surface area (Å²) in [5.74, 6) is -1.01. The molecule has 0 amide bonds. The van der Waals surface area contributed by atoms with Crippen LogP contribution in [0, 0.1) is 0 Å². The van der Waals surface area contributed by atoms with E-state index < -0.39 is 5.97 Å². The van der Waals surface area contributed by atoms with Gasteiger partial charge in [-0.3, -0.25) is 0 Å². The van der Waals surface area contributed by atoms with E-state index in [9.17, 15) is 25.2 Å².